The van der Waals surface area contributed by atoms with Gasteiger partial charge in [-0.1, -0.05) is 64.8 Å². The Morgan fingerprint density at radius 1 is 1.23 bits per heavy atom. The fourth-order valence-corrected chi connectivity index (χ4v) is 3.50. The highest BCUT2D eigenvalue weighted by molar-refractivity contribution is 6.14. The van der Waals surface area contributed by atoms with Gasteiger partial charge in [0.1, 0.15) is 11.6 Å². The Morgan fingerprint density at radius 3 is 2.58 bits per heavy atom. The van der Waals surface area contributed by atoms with Crippen molar-refractivity contribution in [3.8, 4) is 5.75 Å². The first-order valence-corrected chi connectivity index (χ1v) is 11.6. The summed E-state index contributed by atoms with van der Waals surface area (Å²) in [6, 6.07) is 4.81. The molecule has 172 valence electrons. The maximum Gasteiger partial charge on any atom is 0.136 e. The second-order valence-electron chi connectivity index (χ2n) is 8.51. The minimum Gasteiger partial charge on any atom is -0.507 e. The molecule has 1 aromatic rings. The Hall–Kier alpha value is -2.36. The van der Waals surface area contributed by atoms with Crippen LogP contribution in [0.1, 0.15) is 79.2 Å². The second kappa shape index (κ2) is 14.6. The number of nitrogens with one attached hydrogen (secondary N) is 1. The van der Waals surface area contributed by atoms with E-state index in [0.29, 0.717) is 24.2 Å². The molecule has 0 saturated carbocycles. The van der Waals surface area contributed by atoms with E-state index >= 15 is 0 Å². The van der Waals surface area contributed by atoms with E-state index in [4.69, 9.17) is 0 Å². The molecule has 0 spiro atoms. The van der Waals surface area contributed by atoms with Crippen molar-refractivity contribution in [2.75, 3.05) is 6.54 Å². The molecule has 1 atom stereocenters. The molecule has 0 aliphatic heterocycles. The summed E-state index contributed by atoms with van der Waals surface area (Å²) in [5.41, 5.74) is 2.52. The molecule has 0 aliphatic rings. The molecule has 0 radical (unpaired) electrons. The summed E-state index contributed by atoms with van der Waals surface area (Å²) in [6.45, 7) is 13.1. The lowest BCUT2D eigenvalue weighted by atomic mass is 9.99. The van der Waals surface area contributed by atoms with E-state index in [-0.39, 0.29) is 11.3 Å². The number of aliphatic imine (C=N–C) groups is 1. The third-order valence-corrected chi connectivity index (χ3v) is 5.06. The maximum absolute atomic E-state index is 14.5. The molecule has 0 amide bonds. The van der Waals surface area contributed by atoms with E-state index in [0.717, 1.165) is 30.5 Å². The Kier molecular flexibility index (Phi) is 12.6. The van der Waals surface area contributed by atoms with E-state index in [1.165, 1.54) is 31.0 Å². The average molecular weight is 429 g/mol. The zero-order valence-electron chi connectivity index (χ0n) is 20.2. The summed E-state index contributed by atoms with van der Waals surface area (Å²) >= 11 is 0. The van der Waals surface area contributed by atoms with Crippen molar-refractivity contribution in [3.05, 3.63) is 65.2 Å². The van der Waals surface area contributed by atoms with E-state index in [1.54, 1.807) is 0 Å². The lowest BCUT2D eigenvalue weighted by Crippen LogP contribution is -2.29. The van der Waals surface area contributed by atoms with Gasteiger partial charge >= 0.3 is 0 Å². The quantitative estimate of drug-likeness (QED) is 0.255. The predicted molar refractivity (Wildman–Crippen MR) is 132 cm³/mol. The van der Waals surface area contributed by atoms with Crippen LogP contribution in [-0.4, -0.2) is 23.4 Å². The maximum atomic E-state index is 14.5. The highest BCUT2D eigenvalue weighted by atomic mass is 19.1. The fourth-order valence-electron chi connectivity index (χ4n) is 3.50. The van der Waals surface area contributed by atoms with Gasteiger partial charge < -0.3 is 10.4 Å². The van der Waals surface area contributed by atoms with Gasteiger partial charge in [0.2, 0.25) is 0 Å². The molecule has 31 heavy (non-hydrogen) atoms. The Morgan fingerprint density at radius 2 is 1.97 bits per heavy atom. The van der Waals surface area contributed by atoms with Gasteiger partial charge in [0.25, 0.3) is 0 Å². The summed E-state index contributed by atoms with van der Waals surface area (Å²) in [5.74, 6) is 0.0718. The third-order valence-electron chi connectivity index (χ3n) is 5.06. The molecule has 0 saturated heterocycles. The van der Waals surface area contributed by atoms with Crippen molar-refractivity contribution >= 4 is 5.71 Å². The van der Waals surface area contributed by atoms with Gasteiger partial charge in [-0.05, 0) is 62.8 Å². The largest absolute Gasteiger partial charge is 0.507 e. The van der Waals surface area contributed by atoms with Crippen LogP contribution in [0, 0.1) is 11.7 Å². The van der Waals surface area contributed by atoms with E-state index in [2.05, 4.69) is 44.9 Å². The van der Waals surface area contributed by atoms with Crippen LogP contribution in [0.5, 0.6) is 5.75 Å². The van der Waals surface area contributed by atoms with Crippen molar-refractivity contribution < 1.29 is 9.50 Å². The van der Waals surface area contributed by atoms with Crippen LogP contribution in [0.4, 0.5) is 4.39 Å². The normalized spacial score (nSPS) is 14.5. The number of aromatic hydroxyl groups is 1. The summed E-state index contributed by atoms with van der Waals surface area (Å²) < 4.78 is 14.5. The molecular weight excluding hydrogens is 387 g/mol. The van der Waals surface area contributed by atoms with Gasteiger partial charge in [-0.2, -0.15) is 0 Å². The highest BCUT2D eigenvalue weighted by Crippen LogP contribution is 2.24. The van der Waals surface area contributed by atoms with Crippen LogP contribution in [0.25, 0.3) is 0 Å². The van der Waals surface area contributed by atoms with Crippen LogP contribution >= 0.6 is 0 Å². The summed E-state index contributed by atoms with van der Waals surface area (Å²) in [7, 11) is 0. The SMILES string of the molecule is CC/C=C\C=C(/C)C(=NC/C=C(\C)NC(CCCC)CC(C)C)c1c(O)cccc1F. The standard InChI is InChI=1S/C27H41FN2O/c1-7-9-11-13-21(5)27(26-24(28)15-12-16-25(26)31)29-18-17-22(6)30-23(14-10-8-2)19-20(3)4/h9,11-13,15-17,20,23,30-31H,7-8,10,14,18-19H2,1-6H3/b11-9-,21-13+,22-17+,29-27?. The molecule has 0 bridgehead atoms. The fraction of sp³-hybridized carbons (Fsp3) is 0.519. The molecule has 1 unspecified atom stereocenters. The van der Waals surface area contributed by atoms with Gasteiger partial charge in [0.05, 0.1) is 17.8 Å². The van der Waals surface area contributed by atoms with Gasteiger partial charge in [-0.3, -0.25) is 4.99 Å². The summed E-state index contributed by atoms with van der Waals surface area (Å²) in [4.78, 5) is 4.66. The molecule has 0 heterocycles. The summed E-state index contributed by atoms with van der Waals surface area (Å²) in [6.07, 6.45) is 13.5. The number of phenolic OH excluding ortho intramolecular Hbond substituents is 1. The van der Waals surface area contributed by atoms with E-state index < -0.39 is 5.82 Å². The smallest absolute Gasteiger partial charge is 0.136 e. The van der Waals surface area contributed by atoms with Crippen LogP contribution < -0.4 is 5.32 Å². The number of benzene rings is 1. The number of hydrogen-bond acceptors (Lipinski definition) is 3. The van der Waals surface area contributed by atoms with Crippen molar-refractivity contribution in [1.29, 1.82) is 0 Å². The number of halogens is 1. The first-order valence-electron chi connectivity index (χ1n) is 11.6. The number of phenols is 1. The van der Waals surface area contributed by atoms with Crippen LogP contribution in [0.2, 0.25) is 0 Å². The molecule has 2 N–H and O–H groups in total. The first kappa shape index (κ1) is 26.7. The Balaban J connectivity index is 3.10. The van der Waals surface area contributed by atoms with E-state index in [9.17, 15) is 9.50 Å². The van der Waals surface area contributed by atoms with Gasteiger partial charge in [-0.15, -0.1) is 0 Å². The molecule has 1 aromatic carbocycles. The molecule has 0 fully saturated rings. The number of rotatable bonds is 13. The van der Waals surface area contributed by atoms with Gasteiger partial charge in [-0.25, -0.2) is 4.39 Å². The van der Waals surface area contributed by atoms with Crippen LogP contribution in [0.15, 0.2) is 58.8 Å². The van der Waals surface area contributed by atoms with Gasteiger partial charge in [0.15, 0.2) is 0 Å². The Labute approximate surface area is 188 Å². The second-order valence-corrected chi connectivity index (χ2v) is 8.51. The minimum atomic E-state index is -0.471. The third kappa shape index (κ3) is 9.99. The first-order chi connectivity index (χ1) is 14.8. The number of nitrogens with zero attached hydrogens (tertiary/aromatic N) is 1. The summed E-state index contributed by atoms with van der Waals surface area (Å²) in [5, 5.41) is 13.9. The van der Waals surface area contributed by atoms with Crippen molar-refractivity contribution in [1.82, 2.24) is 5.32 Å². The molecular formula is C27H41FN2O. The van der Waals surface area contributed by atoms with Gasteiger partial charge in [0, 0.05) is 11.7 Å². The monoisotopic (exact) mass is 428 g/mol. The van der Waals surface area contributed by atoms with Crippen LogP contribution in [-0.2, 0) is 0 Å². The molecule has 1 rings (SSSR count). The number of hydrogen-bond donors (Lipinski definition) is 2. The molecule has 0 aliphatic carbocycles. The van der Waals surface area contributed by atoms with E-state index in [1.807, 2.05) is 31.2 Å². The predicted octanol–water partition coefficient (Wildman–Crippen LogP) is 7.33. The van der Waals surface area contributed by atoms with Crippen molar-refractivity contribution in [2.24, 2.45) is 10.9 Å². The Bertz CT molecular complexity index is 770. The van der Waals surface area contributed by atoms with Crippen molar-refractivity contribution in [3.63, 3.8) is 0 Å². The lowest BCUT2D eigenvalue weighted by Gasteiger charge is -2.22. The highest BCUT2D eigenvalue weighted by Gasteiger charge is 2.16. The van der Waals surface area contributed by atoms with Crippen LogP contribution in [0.3, 0.4) is 0 Å². The topological polar surface area (TPSA) is 44.6 Å². The zero-order chi connectivity index (χ0) is 23.2. The molecule has 0 aromatic heterocycles. The minimum absolute atomic E-state index is 0.0960. The number of unbranched alkanes of at least 4 members (excludes halogenated alkanes) is 1. The lowest BCUT2D eigenvalue weighted by molar-refractivity contribution is 0.413. The zero-order valence-corrected chi connectivity index (χ0v) is 20.2. The molecule has 4 heteroatoms. The molecule has 3 nitrogen and oxygen atoms in total. The number of allylic oxidation sites excluding steroid dienone is 5. The van der Waals surface area contributed by atoms with Crippen molar-refractivity contribution in [2.45, 2.75) is 79.7 Å². The average Bonchev–Trinajstić information content (AvgIpc) is 2.70.